The standard InChI is InChI=1S/C12H25NO3S/c1-6-8-11(7-2)9-10-16-17(14,15)13-12(3,4)5/h6,11,13H,1,7-10H2,2-5H3. The van der Waals surface area contributed by atoms with E-state index in [1.165, 1.54) is 0 Å². The molecule has 0 spiro atoms. The van der Waals surface area contributed by atoms with Crippen molar-refractivity contribution in [3.05, 3.63) is 12.7 Å². The molecule has 0 fully saturated rings. The third kappa shape index (κ3) is 9.32. The van der Waals surface area contributed by atoms with Gasteiger partial charge in [-0.3, -0.25) is 4.18 Å². The Labute approximate surface area is 106 Å². The molecule has 0 rings (SSSR count). The van der Waals surface area contributed by atoms with Crippen molar-refractivity contribution in [1.29, 1.82) is 0 Å². The van der Waals surface area contributed by atoms with Crippen LogP contribution in [0.15, 0.2) is 12.7 Å². The molecule has 0 aliphatic carbocycles. The first-order chi connectivity index (χ1) is 7.70. The van der Waals surface area contributed by atoms with Gasteiger partial charge in [-0.25, -0.2) is 0 Å². The molecule has 0 aliphatic rings. The molecular formula is C12H25NO3S. The third-order valence-electron chi connectivity index (χ3n) is 2.27. The normalized spacial score (nSPS) is 14.6. The minimum atomic E-state index is -3.63. The molecule has 0 saturated carbocycles. The van der Waals surface area contributed by atoms with Gasteiger partial charge in [0.25, 0.3) is 0 Å². The van der Waals surface area contributed by atoms with E-state index in [0.717, 1.165) is 19.3 Å². The van der Waals surface area contributed by atoms with Crippen LogP contribution in [0.25, 0.3) is 0 Å². The topological polar surface area (TPSA) is 55.4 Å². The molecule has 0 aromatic rings. The lowest BCUT2D eigenvalue weighted by Crippen LogP contribution is -2.41. The predicted octanol–water partition coefficient (Wildman–Crippen LogP) is 2.63. The van der Waals surface area contributed by atoms with Gasteiger partial charge in [0, 0.05) is 5.54 Å². The Kier molecular flexibility index (Phi) is 6.97. The van der Waals surface area contributed by atoms with Gasteiger partial charge in [0.2, 0.25) is 0 Å². The predicted molar refractivity (Wildman–Crippen MR) is 71.0 cm³/mol. The summed E-state index contributed by atoms with van der Waals surface area (Å²) in [5.41, 5.74) is -0.510. The molecule has 1 atom stereocenters. The highest BCUT2D eigenvalue weighted by atomic mass is 32.2. The highest BCUT2D eigenvalue weighted by molar-refractivity contribution is 7.84. The lowest BCUT2D eigenvalue weighted by molar-refractivity contribution is 0.267. The summed E-state index contributed by atoms with van der Waals surface area (Å²) in [4.78, 5) is 0. The van der Waals surface area contributed by atoms with Crippen LogP contribution in [0.3, 0.4) is 0 Å². The number of hydrogen-bond acceptors (Lipinski definition) is 3. The van der Waals surface area contributed by atoms with Crippen molar-refractivity contribution in [2.24, 2.45) is 5.92 Å². The van der Waals surface area contributed by atoms with Crippen molar-refractivity contribution >= 4 is 10.3 Å². The summed E-state index contributed by atoms with van der Waals surface area (Å²) in [6.45, 7) is 11.3. The Bertz CT molecular complexity index is 317. The molecular weight excluding hydrogens is 238 g/mol. The summed E-state index contributed by atoms with van der Waals surface area (Å²) in [5.74, 6) is 0.442. The number of hydrogen-bond donors (Lipinski definition) is 1. The highest BCUT2D eigenvalue weighted by Gasteiger charge is 2.20. The van der Waals surface area contributed by atoms with E-state index in [4.69, 9.17) is 4.18 Å². The van der Waals surface area contributed by atoms with Crippen molar-refractivity contribution < 1.29 is 12.6 Å². The minimum absolute atomic E-state index is 0.220. The molecule has 102 valence electrons. The van der Waals surface area contributed by atoms with Crippen LogP contribution in [0.1, 0.15) is 47.0 Å². The maximum Gasteiger partial charge on any atom is 0.336 e. The Balaban J connectivity index is 4.06. The first kappa shape index (κ1) is 16.6. The molecule has 4 nitrogen and oxygen atoms in total. The van der Waals surface area contributed by atoms with Gasteiger partial charge in [0.15, 0.2) is 0 Å². The van der Waals surface area contributed by atoms with E-state index >= 15 is 0 Å². The smallest absolute Gasteiger partial charge is 0.258 e. The highest BCUT2D eigenvalue weighted by Crippen LogP contribution is 2.14. The average molecular weight is 263 g/mol. The van der Waals surface area contributed by atoms with Gasteiger partial charge in [0.05, 0.1) is 6.61 Å². The molecule has 17 heavy (non-hydrogen) atoms. The van der Waals surface area contributed by atoms with Crippen LogP contribution in [0.2, 0.25) is 0 Å². The van der Waals surface area contributed by atoms with Gasteiger partial charge in [-0.15, -0.1) is 6.58 Å². The van der Waals surface area contributed by atoms with Gasteiger partial charge in [0.1, 0.15) is 0 Å². The van der Waals surface area contributed by atoms with Crippen molar-refractivity contribution in [3.63, 3.8) is 0 Å². The van der Waals surface area contributed by atoms with Gasteiger partial charge < -0.3 is 0 Å². The van der Waals surface area contributed by atoms with E-state index in [1.54, 1.807) is 20.8 Å². The molecule has 0 heterocycles. The van der Waals surface area contributed by atoms with E-state index in [1.807, 2.05) is 6.08 Å². The van der Waals surface area contributed by atoms with Crippen LogP contribution in [0, 0.1) is 5.92 Å². The minimum Gasteiger partial charge on any atom is -0.258 e. The third-order valence-corrected chi connectivity index (χ3v) is 3.61. The van der Waals surface area contributed by atoms with Crippen molar-refractivity contribution in [3.8, 4) is 0 Å². The first-order valence-corrected chi connectivity index (χ1v) is 7.40. The molecule has 1 N–H and O–H groups in total. The molecule has 0 bridgehead atoms. The first-order valence-electron chi connectivity index (χ1n) is 5.99. The van der Waals surface area contributed by atoms with E-state index < -0.39 is 15.8 Å². The van der Waals surface area contributed by atoms with Gasteiger partial charge >= 0.3 is 10.3 Å². The summed E-state index contributed by atoms with van der Waals surface area (Å²) in [6.07, 6.45) is 4.48. The molecule has 5 heteroatoms. The van der Waals surface area contributed by atoms with E-state index in [2.05, 4.69) is 18.2 Å². The Morgan fingerprint density at radius 3 is 2.41 bits per heavy atom. The molecule has 0 aliphatic heterocycles. The zero-order chi connectivity index (χ0) is 13.5. The fourth-order valence-corrected chi connectivity index (χ4v) is 2.58. The molecule has 0 aromatic heterocycles. The maximum atomic E-state index is 11.5. The van der Waals surface area contributed by atoms with Gasteiger partial charge in [-0.2, -0.15) is 13.1 Å². The second-order valence-corrected chi connectivity index (χ2v) is 6.56. The zero-order valence-electron chi connectivity index (χ0n) is 11.3. The zero-order valence-corrected chi connectivity index (χ0v) is 12.1. The SMILES string of the molecule is C=CCC(CC)CCOS(=O)(=O)NC(C)(C)C. The van der Waals surface area contributed by atoms with Crippen molar-refractivity contribution in [2.75, 3.05) is 6.61 Å². The number of nitrogens with one attached hydrogen (secondary N) is 1. The second kappa shape index (κ2) is 7.13. The monoisotopic (exact) mass is 263 g/mol. The Morgan fingerprint density at radius 1 is 1.41 bits per heavy atom. The van der Waals surface area contributed by atoms with E-state index in [9.17, 15) is 8.42 Å². The van der Waals surface area contributed by atoms with Crippen LogP contribution in [-0.4, -0.2) is 20.6 Å². The fourth-order valence-electron chi connectivity index (χ4n) is 1.45. The summed E-state index contributed by atoms with van der Waals surface area (Å²) in [6, 6.07) is 0. The maximum absolute atomic E-state index is 11.5. The summed E-state index contributed by atoms with van der Waals surface area (Å²) in [7, 11) is -3.63. The van der Waals surface area contributed by atoms with Gasteiger partial charge in [-0.05, 0) is 39.5 Å². The van der Waals surface area contributed by atoms with Crippen LogP contribution in [0.4, 0.5) is 0 Å². The van der Waals surface area contributed by atoms with Crippen molar-refractivity contribution in [1.82, 2.24) is 4.72 Å². The van der Waals surface area contributed by atoms with E-state index in [-0.39, 0.29) is 6.61 Å². The number of rotatable bonds is 8. The summed E-state index contributed by atoms with van der Waals surface area (Å²) in [5, 5.41) is 0. The fraction of sp³-hybridized carbons (Fsp3) is 0.833. The van der Waals surface area contributed by atoms with Crippen LogP contribution < -0.4 is 4.72 Å². The Hall–Kier alpha value is -0.390. The lowest BCUT2D eigenvalue weighted by atomic mass is 9.99. The second-order valence-electron chi connectivity index (χ2n) is 5.22. The average Bonchev–Trinajstić information content (AvgIpc) is 2.12. The van der Waals surface area contributed by atoms with Crippen molar-refractivity contribution in [2.45, 2.75) is 52.5 Å². The summed E-state index contributed by atoms with van der Waals surface area (Å²) >= 11 is 0. The quantitative estimate of drug-likeness (QED) is 0.685. The van der Waals surface area contributed by atoms with Crippen LogP contribution >= 0.6 is 0 Å². The Morgan fingerprint density at radius 2 is 2.00 bits per heavy atom. The molecule has 0 saturated heterocycles. The van der Waals surface area contributed by atoms with Gasteiger partial charge in [-0.1, -0.05) is 19.4 Å². The summed E-state index contributed by atoms with van der Waals surface area (Å²) < 4.78 is 30.4. The molecule has 1 unspecified atom stereocenters. The molecule has 0 radical (unpaired) electrons. The largest absolute Gasteiger partial charge is 0.336 e. The molecule has 0 amide bonds. The lowest BCUT2D eigenvalue weighted by Gasteiger charge is -2.20. The van der Waals surface area contributed by atoms with Crippen LogP contribution in [-0.2, 0) is 14.5 Å². The van der Waals surface area contributed by atoms with E-state index in [0.29, 0.717) is 5.92 Å². The molecule has 0 aromatic carbocycles. The van der Waals surface area contributed by atoms with Crippen LogP contribution in [0.5, 0.6) is 0 Å². The number of allylic oxidation sites excluding steroid dienone is 1.